The highest BCUT2D eigenvalue weighted by Crippen LogP contribution is 2.58. The first-order chi connectivity index (χ1) is 9.70. The van der Waals surface area contributed by atoms with Gasteiger partial charge in [-0.25, -0.2) is 0 Å². The maximum atomic E-state index is 6.27. The summed E-state index contributed by atoms with van der Waals surface area (Å²) in [6, 6.07) is 8.46. The number of hydrogen-bond donors (Lipinski definition) is 1. The molecule has 4 saturated carbocycles. The molecule has 4 fully saturated rings. The van der Waals surface area contributed by atoms with E-state index in [1.807, 2.05) is 6.07 Å². The van der Waals surface area contributed by atoms with Crippen molar-refractivity contribution in [2.24, 2.45) is 17.8 Å². The molecule has 0 amide bonds. The molecular weight excluding hydrogens is 244 g/mol. The van der Waals surface area contributed by atoms with Gasteiger partial charge in [-0.2, -0.15) is 0 Å². The predicted molar refractivity (Wildman–Crippen MR) is 84.8 cm³/mol. The van der Waals surface area contributed by atoms with Crippen LogP contribution in [0.3, 0.4) is 0 Å². The van der Waals surface area contributed by atoms with E-state index in [9.17, 15) is 0 Å². The Hall–Kier alpha value is -1.18. The van der Waals surface area contributed by atoms with E-state index in [2.05, 4.69) is 30.0 Å². The standard InChI is InChI=1S/C18H26N2/c1-2-20(17-6-4-3-5-16(17)19)18-10-13-7-14(11-18)9-15(8-13)12-18/h3-6,13-15H,2,7-12,19H2,1H3. The molecule has 0 heterocycles. The van der Waals surface area contributed by atoms with Gasteiger partial charge in [-0.15, -0.1) is 0 Å². The van der Waals surface area contributed by atoms with Crippen LogP contribution in [0.25, 0.3) is 0 Å². The first-order valence-electron chi connectivity index (χ1n) is 8.32. The van der Waals surface area contributed by atoms with E-state index >= 15 is 0 Å². The molecule has 2 N–H and O–H groups in total. The summed E-state index contributed by atoms with van der Waals surface area (Å²) in [7, 11) is 0. The van der Waals surface area contributed by atoms with E-state index in [1.165, 1.54) is 44.2 Å². The van der Waals surface area contributed by atoms with Crippen LogP contribution in [0.1, 0.15) is 45.4 Å². The Morgan fingerprint density at radius 3 is 2.10 bits per heavy atom. The summed E-state index contributed by atoms with van der Waals surface area (Å²) >= 11 is 0. The van der Waals surface area contributed by atoms with Crippen molar-refractivity contribution in [3.63, 3.8) is 0 Å². The molecule has 4 bridgehead atoms. The van der Waals surface area contributed by atoms with Crippen LogP contribution in [0.2, 0.25) is 0 Å². The fourth-order valence-corrected chi connectivity index (χ4v) is 5.89. The van der Waals surface area contributed by atoms with Gasteiger partial charge in [0.15, 0.2) is 0 Å². The fraction of sp³-hybridized carbons (Fsp3) is 0.667. The molecule has 4 aliphatic rings. The van der Waals surface area contributed by atoms with E-state index in [0.29, 0.717) is 5.54 Å². The molecule has 0 saturated heterocycles. The Morgan fingerprint density at radius 2 is 1.60 bits per heavy atom. The van der Waals surface area contributed by atoms with Crippen LogP contribution in [0.15, 0.2) is 24.3 Å². The van der Waals surface area contributed by atoms with E-state index in [0.717, 1.165) is 30.0 Å². The Morgan fingerprint density at radius 1 is 1.05 bits per heavy atom. The summed E-state index contributed by atoms with van der Waals surface area (Å²) in [5.74, 6) is 2.96. The van der Waals surface area contributed by atoms with Gasteiger partial charge in [-0.3, -0.25) is 0 Å². The van der Waals surface area contributed by atoms with E-state index < -0.39 is 0 Å². The fourth-order valence-electron chi connectivity index (χ4n) is 5.89. The van der Waals surface area contributed by atoms with Crippen molar-refractivity contribution in [3.05, 3.63) is 24.3 Å². The van der Waals surface area contributed by atoms with Crippen LogP contribution in [0.5, 0.6) is 0 Å². The van der Waals surface area contributed by atoms with Crippen molar-refractivity contribution in [3.8, 4) is 0 Å². The first kappa shape index (κ1) is 12.6. The number of para-hydroxylation sites is 2. The topological polar surface area (TPSA) is 29.3 Å². The maximum absolute atomic E-state index is 6.27. The van der Waals surface area contributed by atoms with Gasteiger partial charge in [-0.1, -0.05) is 12.1 Å². The number of anilines is 2. The third-order valence-corrected chi connectivity index (χ3v) is 6.12. The van der Waals surface area contributed by atoms with Gasteiger partial charge in [0.05, 0.1) is 11.4 Å². The summed E-state index contributed by atoms with van der Waals surface area (Å²) in [6.07, 6.45) is 8.72. The zero-order chi connectivity index (χ0) is 13.7. The van der Waals surface area contributed by atoms with E-state index in [4.69, 9.17) is 5.73 Å². The molecule has 0 atom stereocenters. The number of nitrogen functional groups attached to an aromatic ring is 1. The Balaban J connectivity index is 1.73. The lowest BCUT2D eigenvalue weighted by Crippen LogP contribution is -2.60. The highest BCUT2D eigenvalue weighted by atomic mass is 15.2. The average molecular weight is 270 g/mol. The van der Waals surface area contributed by atoms with Crippen LogP contribution in [-0.4, -0.2) is 12.1 Å². The zero-order valence-electron chi connectivity index (χ0n) is 12.5. The van der Waals surface area contributed by atoms with E-state index in [-0.39, 0.29) is 0 Å². The molecule has 2 nitrogen and oxygen atoms in total. The SMILES string of the molecule is CCN(c1ccccc1N)C12CC3CC(CC(C3)C1)C2. The second-order valence-corrected chi connectivity index (χ2v) is 7.44. The molecule has 1 aromatic carbocycles. The minimum Gasteiger partial charge on any atom is -0.397 e. The van der Waals surface area contributed by atoms with Gasteiger partial charge in [-0.05, 0) is 75.3 Å². The van der Waals surface area contributed by atoms with Gasteiger partial charge in [0.25, 0.3) is 0 Å². The molecule has 0 unspecified atom stereocenters. The van der Waals surface area contributed by atoms with Crippen LogP contribution in [0.4, 0.5) is 11.4 Å². The largest absolute Gasteiger partial charge is 0.397 e. The monoisotopic (exact) mass is 270 g/mol. The Labute approximate surface area is 122 Å². The second kappa shape index (κ2) is 4.41. The van der Waals surface area contributed by atoms with Gasteiger partial charge in [0, 0.05) is 12.1 Å². The second-order valence-electron chi connectivity index (χ2n) is 7.44. The normalized spacial score (nSPS) is 38.1. The lowest BCUT2D eigenvalue weighted by atomic mass is 9.52. The molecule has 0 aliphatic heterocycles. The summed E-state index contributed by atoms with van der Waals surface area (Å²) < 4.78 is 0. The van der Waals surface area contributed by atoms with Crippen LogP contribution < -0.4 is 10.6 Å². The molecular formula is C18H26N2. The number of rotatable bonds is 3. The summed E-state index contributed by atoms with van der Waals surface area (Å²) in [6.45, 7) is 3.38. The predicted octanol–water partition coefficient (Wildman–Crippen LogP) is 4.06. The molecule has 5 rings (SSSR count). The molecule has 0 radical (unpaired) electrons. The van der Waals surface area contributed by atoms with Crippen molar-refractivity contribution in [2.45, 2.75) is 51.0 Å². The first-order valence-corrected chi connectivity index (χ1v) is 8.32. The molecule has 108 valence electrons. The van der Waals surface area contributed by atoms with Crippen LogP contribution in [-0.2, 0) is 0 Å². The molecule has 0 spiro atoms. The summed E-state index contributed by atoms with van der Waals surface area (Å²) in [5.41, 5.74) is 8.91. The maximum Gasteiger partial charge on any atom is 0.0604 e. The molecule has 4 aliphatic carbocycles. The van der Waals surface area contributed by atoms with Crippen LogP contribution >= 0.6 is 0 Å². The third-order valence-electron chi connectivity index (χ3n) is 6.12. The molecule has 2 heteroatoms. The lowest BCUT2D eigenvalue weighted by molar-refractivity contribution is -0.00383. The molecule has 1 aromatic rings. The summed E-state index contributed by atoms with van der Waals surface area (Å²) in [4.78, 5) is 2.66. The molecule has 20 heavy (non-hydrogen) atoms. The summed E-state index contributed by atoms with van der Waals surface area (Å²) in [5, 5.41) is 0. The highest BCUT2D eigenvalue weighted by molar-refractivity contribution is 5.68. The molecule has 0 aromatic heterocycles. The van der Waals surface area contributed by atoms with Crippen molar-refractivity contribution in [2.75, 3.05) is 17.2 Å². The lowest BCUT2D eigenvalue weighted by Gasteiger charge is -2.61. The zero-order valence-corrected chi connectivity index (χ0v) is 12.5. The van der Waals surface area contributed by atoms with Crippen molar-refractivity contribution < 1.29 is 0 Å². The quantitative estimate of drug-likeness (QED) is 0.839. The number of hydrogen-bond acceptors (Lipinski definition) is 2. The van der Waals surface area contributed by atoms with E-state index in [1.54, 1.807) is 0 Å². The van der Waals surface area contributed by atoms with Gasteiger partial charge < -0.3 is 10.6 Å². The number of benzene rings is 1. The minimum absolute atomic E-state index is 0.416. The Kier molecular flexibility index (Phi) is 2.77. The average Bonchev–Trinajstić information content (AvgIpc) is 2.40. The minimum atomic E-state index is 0.416. The van der Waals surface area contributed by atoms with Crippen molar-refractivity contribution >= 4 is 11.4 Å². The van der Waals surface area contributed by atoms with Crippen molar-refractivity contribution in [1.29, 1.82) is 0 Å². The third kappa shape index (κ3) is 1.77. The number of nitrogens with zero attached hydrogens (tertiary/aromatic N) is 1. The van der Waals surface area contributed by atoms with Crippen LogP contribution in [0, 0.1) is 17.8 Å². The van der Waals surface area contributed by atoms with Crippen molar-refractivity contribution in [1.82, 2.24) is 0 Å². The number of nitrogens with two attached hydrogens (primary N) is 1. The van der Waals surface area contributed by atoms with Gasteiger partial charge >= 0.3 is 0 Å². The smallest absolute Gasteiger partial charge is 0.0604 e. The van der Waals surface area contributed by atoms with Gasteiger partial charge in [0.1, 0.15) is 0 Å². The highest BCUT2D eigenvalue weighted by Gasteiger charge is 2.53. The van der Waals surface area contributed by atoms with Gasteiger partial charge in [0.2, 0.25) is 0 Å². The Bertz CT molecular complexity index is 473.